The quantitative estimate of drug-likeness (QED) is 0.632. The number of hydrogen-bond donors (Lipinski definition) is 1. The number of anilines is 1. The second-order valence-corrected chi connectivity index (χ2v) is 1.96. The van der Waals surface area contributed by atoms with Crippen molar-refractivity contribution in [2.45, 2.75) is 0 Å². The average molecular weight is 158 g/mol. The molecule has 1 aromatic heterocycles. The Morgan fingerprint density at radius 1 is 1.67 bits per heavy atom. The normalized spacial score (nSPS) is 8.17. The maximum absolute atomic E-state index is 8.61. The molecule has 4 nitrogen and oxygen atoms in total. The Morgan fingerprint density at radius 2 is 2.50 bits per heavy atom. The Morgan fingerprint density at radius 3 is 3.17 bits per heavy atom. The lowest BCUT2D eigenvalue weighted by molar-refractivity contribution is 1.02. The molecule has 0 bridgehead atoms. The summed E-state index contributed by atoms with van der Waals surface area (Å²) in [5.74, 6) is 2.81. The highest BCUT2D eigenvalue weighted by molar-refractivity contribution is 5.50. The molecule has 1 rings (SSSR count). The third-order valence-electron chi connectivity index (χ3n) is 1.20. The minimum atomic E-state index is 0.341. The van der Waals surface area contributed by atoms with E-state index in [0.717, 1.165) is 0 Å². The summed E-state index contributed by atoms with van der Waals surface area (Å²) in [6.07, 6.45) is 6.48. The van der Waals surface area contributed by atoms with E-state index in [0.29, 0.717) is 17.9 Å². The first-order valence-electron chi connectivity index (χ1n) is 3.27. The highest BCUT2D eigenvalue weighted by Crippen LogP contribution is 2.06. The van der Waals surface area contributed by atoms with Crippen molar-refractivity contribution in [1.82, 2.24) is 10.2 Å². The molecule has 0 saturated carbocycles. The van der Waals surface area contributed by atoms with Gasteiger partial charge in [0, 0.05) is 0 Å². The molecule has 1 N–H and O–H groups in total. The molecule has 0 unspecified atom stereocenters. The summed E-state index contributed by atoms with van der Waals surface area (Å²) in [6, 6.07) is 3.55. The van der Waals surface area contributed by atoms with E-state index in [-0.39, 0.29) is 0 Å². The maximum atomic E-state index is 8.61. The van der Waals surface area contributed by atoms with Crippen LogP contribution in [0, 0.1) is 23.7 Å². The summed E-state index contributed by atoms with van der Waals surface area (Å²) in [5, 5.41) is 18.7. The Labute approximate surface area is 70.2 Å². The Bertz CT molecular complexity index is 345. The monoisotopic (exact) mass is 158 g/mol. The second-order valence-electron chi connectivity index (χ2n) is 1.96. The van der Waals surface area contributed by atoms with Gasteiger partial charge in [-0.3, -0.25) is 0 Å². The van der Waals surface area contributed by atoms with Crippen LogP contribution in [0.3, 0.4) is 0 Å². The Hall–Kier alpha value is -2.07. The molecule has 0 saturated heterocycles. The highest BCUT2D eigenvalue weighted by atomic mass is 15.2. The Kier molecular flexibility index (Phi) is 2.64. The van der Waals surface area contributed by atoms with Gasteiger partial charge in [-0.15, -0.1) is 11.5 Å². The molecule has 0 atom stereocenters. The summed E-state index contributed by atoms with van der Waals surface area (Å²) in [4.78, 5) is 0. The van der Waals surface area contributed by atoms with Gasteiger partial charge in [0.2, 0.25) is 0 Å². The lowest BCUT2D eigenvalue weighted by Crippen LogP contribution is -2.03. The molecule has 0 aliphatic carbocycles. The van der Waals surface area contributed by atoms with Gasteiger partial charge in [0.25, 0.3) is 0 Å². The van der Waals surface area contributed by atoms with Crippen LogP contribution in [-0.2, 0) is 0 Å². The minimum Gasteiger partial charge on any atom is -0.357 e. The van der Waals surface area contributed by atoms with E-state index in [9.17, 15) is 0 Å². The van der Waals surface area contributed by atoms with Gasteiger partial charge in [-0.2, -0.15) is 10.4 Å². The third-order valence-corrected chi connectivity index (χ3v) is 1.20. The summed E-state index contributed by atoms with van der Waals surface area (Å²) >= 11 is 0. The van der Waals surface area contributed by atoms with Gasteiger partial charge in [0.05, 0.1) is 18.3 Å². The number of terminal acetylenes is 1. The van der Waals surface area contributed by atoms with Crippen LogP contribution in [0.25, 0.3) is 0 Å². The lowest BCUT2D eigenvalue weighted by atomic mass is 10.3. The minimum absolute atomic E-state index is 0.341. The second kappa shape index (κ2) is 3.95. The van der Waals surface area contributed by atoms with E-state index >= 15 is 0 Å². The molecule has 0 aliphatic heterocycles. The third kappa shape index (κ3) is 1.71. The van der Waals surface area contributed by atoms with Crippen LogP contribution in [0.1, 0.15) is 5.56 Å². The molecule has 0 amide bonds. The van der Waals surface area contributed by atoms with E-state index in [1.54, 1.807) is 6.07 Å². The first kappa shape index (κ1) is 8.03. The van der Waals surface area contributed by atoms with Crippen LogP contribution >= 0.6 is 0 Å². The van der Waals surface area contributed by atoms with E-state index < -0.39 is 0 Å². The fraction of sp³-hybridized carbons (Fsp3) is 0.125. The fourth-order valence-electron chi connectivity index (χ4n) is 0.687. The van der Waals surface area contributed by atoms with Crippen LogP contribution in [0.5, 0.6) is 0 Å². The van der Waals surface area contributed by atoms with Crippen LogP contribution in [0.4, 0.5) is 5.82 Å². The van der Waals surface area contributed by atoms with E-state index in [4.69, 9.17) is 11.7 Å². The van der Waals surface area contributed by atoms with Crippen molar-refractivity contribution >= 4 is 5.82 Å². The lowest BCUT2D eigenvalue weighted by Gasteiger charge is -2.00. The highest BCUT2D eigenvalue weighted by Gasteiger charge is 1.99. The van der Waals surface area contributed by atoms with Gasteiger partial charge in [-0.1, -0.05) is 5.92 Å². The summed E-state index contributed by atoms with van der Waals surface area (Å²) < 4.78 is 0. The van der Waals surface area contributed by atoms with Crippen molar-refractivity contribution in [1.29, 1.82) is 5.26 Å². The van der Waals surface area contributed by atoms with Gasteiger partial charge in [0.15, 0.2) is 5.82 Å². The first-order chi connectivity index (χ1) is 5.88. The number of aromatic nitrogens is 2. The van der Waals surface area contributed by atoms with Crippen molar-refractivity contribution < 1.29 is 0 Å². The molecule has 0 aromatic carbocycles. The van der Waals surface area contributed by atoms with E-state index in [2.05, 4.69) is 21.4 Å². The molecule has 0 spiro atoms. The smallest absolute Gasteiger partial charge is 0.167 e. The molecule has 4 heteroatoms. The van der Waals surface area contributed by atoms with Crippen LogP contribution < -0.4 is 5.32 Å². The van der Waals surface area contributed by atoms with Crippen LogP contribution in [-0.4, -0.2) is 16.7 Å². The summed E-state index contributed by atoms with van der Waals surface area (Å²) in [7, 11) is 0. The standard InChI is InChI=1S/C8H6N4/c1-2-4-10-8-7(6-9)3-5-11-12-8/h1,3,5H,4H2,(H,10,12). The van der Waals surface area contributed by atoms with Crippen LogP contribution in [0.2, 0.25) is 0 Å². The zero-order valence-corrected chi connectivity index (χ0v) is 6.28. The predicted molar refractivity (Wildman–Crippen MR) is 44.1 cm³/mol. The molecular weight excluding hydrogens is 152 g/mol. The first-order valence-corrected chi connectivity index (χ1v) is 3.27. The maximum Gasteiger partial charge on any atom is 0.167 e. The molecule has 0 radical (unpaired) electrons. The van der Waals surface area contributed by atoms with Crippen molar-refractivity contribution in [3.8, 4) is 18.4 Å². The Balaban J connectivity index is 2.86. The molecule has 1 aromatic rings. The molecule has 0 fully saturated rings. The molecular formula is C8H6N4. The molecule has 1 heterocycles. The van der Waals surface area contributed by atoms with Crippen molar-refractivity contribution in [2.24, 2.45) is 0 Å². The zero-order chi connectivity index (χ0) is 8.81. The van der Waals surface area contributed by atoms with E-state index in [1.807, 2.05) is 6.07 Å². The fourth-order valence-corrected chi connectivity index (χ4v) is 0.687. The zero-order valence-electron chi connectivity index (χ0n) is 6.28. The number of nitrogens with one attached hydrogen (secondary N) is 1. The molecule has 12 heavy (non-hydrogen) atoms. The molecule has 58 valence electrons. The summed E-state index contributed by atoms with van der Waals surface area (Å²) in [5.41, 5.74) is 0.445. The van der Waals surface area contributed by atoms with Gasteiger partial charge in [0.1, 0.15) is 6.07 Å². The van der Waals surface area contributed by atoms with Gasteiger partial charge in [-0.05, 0) is 6.07 Å². The van der Waals surface area contributed by atoms with Crippen LogP contribution in [0.15, 0.2) is 12.3 Å². The number of hydrogen-bond acceptors (Lipinski definition) is 4. The predicted octanol–water partition coefficient (Wildman–Crippen LogP) is 0.393. The van der Waals surface area contributed by atoms with E-state index in [1.165, 1.54) is 6.20 Å². The van der Waals surface area contributed by atoms with Crippen molar-refractivity contribution in [3.63, 3.8) is 0 Å². The van der Waals surface area contributed by atoms with Gasteiger partial charge in [-0.25, -0.2) is 0 Å². The number of nitrogens with zero attached hydrogens (tertiary/aromatic N) is 3. The summed E-state index contributed by atoms with van der Waals surface area (Å²) in [6.45, 7) is 0.341. The van der Waals surface area contributed by atoms with Gasteiger partial charge < -0.3 is 5.32 Å². The molecule has 0 aliphatic rings. The largest absolute Gasteiger partial charge is 0.357 e. The SMILES string of the molecule is C#CCNc1nnccc1C#N. The topological polar surface area (TPSA) is 61.6 Å². The number of nitriles is 1. The number of rotatable bonds is 2. The van der Waals surface area contributed by atoms with Crippen molar-refractivity contribution in [3.05, 3.63) is 17.8 Å². The van der Waals surface area contributed by atoms with Crippen molar-refractivity contribution in [2.75, 3.05) is 11.9 Å². The average Bonchev–Trinajstić information content (AvgIpc) is 2.15. The van der Waals surface area contributed by atoms with Gasteiger partial charge >= 0.3 is 0 Å².